The van der Waals surface area contributed by atoms with Crippen LogP contribution in [0.15, 0.2) is 66.7 Å². The van der Waals surface area contributed by atoms with Crippen molar-refractivity contribution in [3.05, 3.63) is 100 Å². The Labute approximate surface area is 175 Å². The van der Waals surface area contributed by atoms with Gasteiger partial charge in [-0.1, -0.05) is 36.4 Å². The highest BCUT2D eigenvalue weighted by Crippen LogP contribution is 2.33. The van der Waals surface area contributed by atoms with Gasteiger partial charge in [-0.05, 0) is 66.4 Å². The van der Waals surface area contributed by atoms with E-state index in [4.69, 9.17) is 0 Å². The highest BCUT2D eigenvalue weighted by molar-refractivity contribution is 5.99. The zero-order chi connectivity index (χ0) is 21.3. The Kier molecular flexibility index (Phi) is 5.36. The highest BCUT2D eigenvalue weighted by atomic mass is 19.1. The van der Waals surface area contributed by atoms with Crippen LogP contribution in [0.5, 0.6) is 0 Å². The van der Waals surface area contributed by atoms with Crippen LogP contribution in [0, 0.1) is 19.7 Å². The number of aryl methyl sites for hydroxylation is 2. The largest absolute Gasteiger partial charge is 0.327 e. The van der Waals surface area contributed by atoms with Crippen molar-refractivity contribution in [1.29, 1.82) is 0 Å². The molecule has 1 atom stereocenters. The number of halogens is 1. The zero-order valence-corrected chi connectivity index (χ0v) is 17.0. The van der Waals surface area contributed by atoms with Gasteiger partial charge in [-0.15, -0.1) is 0 Å². The molecular weight excluding hydrogens is 379 g/mol. The number of anilines is 1. The summed E-state index contributed by atoms with van der Waals surface area (Å²) in [7, 11) is 0. The predicted octanol–water partition coefficient (Wildman–Crippen LogP) is 5.17. The first-order valence-electron chi connectivity index (χ1n) is 9.94. The first-order valence-corrected chi connectivity index (χ1v) is 9.94. The van der Waals surface area contributed by atoms with Crippen LogP contribution in [0.4, 0.5) is 10.1 Å². The SMILES string of the molecule is Cc1ccc(NC(=O)C[C@H](c2ccc(F)cc2)N2Cc3ccccc3C2=O)cc1C. The molecule has 0 saturated heterocycles. The van der Waals surface area contributed by atoms with Gasteiger partial charge in [0, 0.05) is 17.8 Å². The van der Waals surface area contributed by atoms with E-state index in [1.54, 1.807) is 23.1 Å². The molecule has 0 spiro atoms. The fraction of sp³-hybridized carbons (Fsp3) is 0.200. The highest BCUT2D eigenvalue weighted by Gasteiger charge is 2.34. The van der Waals surface area contributed by atoms with E-state index < -0.39 is 6.04 Å². The smallest absolute Gasteiger partial charge is 0.255 e. The number of hydrogen-bond acceptors (Lipinski definition) is 2. The number of nitrogens with one attached hydrogen (secondary N) is 1. The summed E-state index contributed by atoms with van der Waals surface area (Å²) in [5, 5.41) is 2.93. The van der Waals surface area contributed by atoms with Crippen LogP contribution >= 0.6 is 0 Å². The Balaban J connectivity index is 1.60. The van der Waals surface area contributed by atoms with Crippen molar-refractivity contribution in [2.75, 3.05) is 5.32 Å². The van der Waals surface area contributed by atoms with E-state index in [-0.39, 0.29) is 24.1 Å². The third kappa shape index (κ3) is 3.96. The number of benzene rings is 3. The summed E-state index contributed by atoms with van der Waals surface area (Å²) in [5.41, 5.74) is 5.28. The normalized spacial score (nSPS) is 13.8. The molecule has 3 aromatic carbocycles. The predicted molar refractivity (Wildman–Crippen MR) is 115 cm³/mol. The van der Waals surface area contributed by atoms with Crippen molar-refractivity contribution in [3.8, 4) is 0 Å². The second-order valence-corrected chi connectivity index (χ2v) is 7.71. The topological polar surface area (TPSA) is 49.4 Å². The molecule has 1 heterocycles. The van der Waals surface area contributed by atoms with Crippen LogP contribution in [0.3, 0.4) is 0 Å². The van der Waals surface area contributed by atoms with E-state index in [0.717, 1.165) is 27.9 Å². The summed E-state index contributed by atoms with van der Waals surface area (Å²) < 4.78 is 13.5. The number of carbonyl (C=O) groups is 2. The molecule has 30 heavy (non-hydrogen) atoms. The average Bonchev–Trinajstić information content (AvgIpc) is 3.06. The molecule has 5 heteroatoms. The molecule has 0 aliphatic carbocycles. The van der Waals surface area contributed by atoms with Crippen molar-refractivity contribution < 1.29 is 14.0 Å². The summed E-state index contributed by atoms with van der Waals surface area (Å²) in [5.74, 6) is -0.664. The molecule has 1 aliphatic rings. The summed E-state index contributed by atoms with van der Waals surface area (Å²) in [6.07, 6.45) is 0.0816. The molecular formula is C25H23FN2O2. The van der Waals surface area contributed by atoms with Gasteiger partial charge >= 0.3 is 0 Å². The average molecular weight is 402 g/mol. The maximum atomic E-state index is 13.5. The zero-order valence-electron chi connectivity index (χ0n) is 17.0. The fourth-order valence-electron chi connectivity index (χ4n) is 3.83. The molecule has 0 radical (unpaired) electrons. The van der Waals surface area contributed by atoms with E-state index >= 15 is 0 Å². The fourth-order valence-corrected chi connectivity index (χ4v) is 3.83. The quantitative estimate of drug-likeness (QED) is 0.640. The Morgan fingerprint density at radius 3 is 2.47 bits per heavy atom. The van der Waals surface area contributed by atoms with E-state index in [1.807, 2.05) is 50.2 Å². The van der Waals surface area contributed by atoms with Gasteiger partial charge in [-0.2, -0.15) is 0 Å². The van der Waals surface area contributed by atoms with Gasteiger partial charge in [0.1, 0.15) is 5.82 Å². The minimum absolute atomic E-state index is 0.0816. The third-order valence-electron chi connectivity index (χ3n) is 5.65. The molecule has 0 aromatic heterocycles. The van der Waals surface area contributed by atoms with E-state index in [1.165, 1.54) is 12.1 Å². The van der Waals surface area contributed by atoms with Gasteiger partial charge in [0.05, 0.1) is 12.5 Å². The van der Waals surface area contributed by atoms with Crippen molar-refractivity contribution >= 4 is 17.5 Å². The lowest BCUT2D eigenvalue weighted by Crippen LogP contribution is -2.32. The second-order valence-electron chi connectivity index (χ2n) is 7.71. The molecule has 0 fully saturated rings. The summed E-state index contributed by atoms with van der Waals surface area (Å²) >= 11 is 0. The van der Waals surface area contributed by atoms with Gasteiger partial charge in [0.2, 0.25) is 5.91 Å². The van der Waals surface area contributed by atoms with E-state index in [0.29, 0.717) is 12.1 Å². The van der Waals surface area contributed by atoms with E-state index in [9.17, 15) is 14.0 Å². The summed E-state index contributed by atoms with van der Waals surface area (Å²) in [6, 6.07) is 18.7. The minimum Gasteiger partial charge on any atom is -0.327 e. The summed E-state index contributed by atoms with van der Waals surface area (Å²) in [4.78, 5) is 27.6. The van der Waals surface area contributed by atoms with Gasteiger partial charge in [0.15, 0.2) is 0 Å². The van der Waals surface area contributed by atoms with Crippen molar-refractivity contribution in [2.24, 2.45) is 0 Å². The lowest BCUT2D eigenvalue weighted by Gasteiger charge is -2.28. The maximum Gasteiger partial charge on any atom is 0.255 e. The Morgan fingerprint density at radius 1 is 1.03 bits per heavy atom. The monoisotopic (exact) mass is 402 g/mol. The Morgan fingerprint density at radius 2 is 1.77 bits per heavy atom. The number of rotatable bonds is 5. The third-order valence-corrected chi connectivity index (χ3v) is 5.65. The van der Waals surface area contributed by atoms with Crippen LogP contribution in [0.25, 0.3) is 0 Å². The number of amides is 2. The minimum atomic E-state index is -0.489. The molecule has 152 valence electrons. The lowest BCUT2D eigenvalue weighted by molar-refractivity contribution is -0.117. The molecule has 1 aliphatic heterocycles. The van der Waals surface area contributed by atoms with Gasteiger partial charge in [-0.25, -0.2) is 4.39 Å². The van der Waals surface area contributed by atoms with Gasteiger partial charge < -0.3 is 10.2 Å². The Bertz CT molecular complexity index is 1110. The molecule has 0 unspecified atom stereocenters. The van der Waals surface area contributed by atoms with Crippen LogP contribution in [0.2, 0.25) is 0 Å². The molecule has 3 aromatic rings. The molecule has 1 N–H and O–H groups in total. The van der Waals surface area contributed by atoms with Crippen molar-refractivity contribution in [3.63, 3.8) is 0 Å². The Hall–Kier alpha value is -3.47. The number of nitrogens with zero attached hydrogens (tertiary/aromatic N) is 1. The molecule has 4 nitrogen and oxygen atoms in total. The first-order chi connectivity index (χ1) is 14.4. The van der Waals surface area contributed by atoms with Gasteiger partial charge in [-0.3, -0.25) is 9.59 Å². The molecule has 0 bridgehead atoms. The second kappa shape index (κ2) is 8.11. The van der Waals surface area contributed by atoms with Crippen molar-refractivity contribution in [1.82, 2.24) is 4.90 Å². The number of fused-ring (bicyclic) bond motifs is 1. The van der Waals surface area contributed by atoms with Gasteiger partial charge in [0.25, 0.3) is 5.91 Å². The van der Waals surface area contributed by atoms with Crippen LogP contribution < -0.4 is 5.32 Å². The number of carbonyl (C=O) groups excluding carboxylic acids is 2. The van der Waals surface area contributed by atoms with Crippen molar-refractivity contribution in [2.45, 2.75) is 32.9 Å². The maximum absolute atomic E-state index is 13.5. The summed E-state index contributed by atoms with van der Waals surface area (Å²) in [6.45, 7) is 4.43. The van der Waals surface area contributed by atoms with Crippen LogP contribution in [-0.2, 0) is 11.3 Å². The van der Waals surface area contributed by atoms with Crippen LogP contribution in [0.1, 0.15) is 45.1 Å². The first kappa shape index (κ1) is 19.8. The standard InChI is InChI=1S/C25H23FN2O2/c1-16-7-12-21(13-17(16)2)27-24(29)14-23(18-8-10-20(26)11-9-18)28-15-19-5-3-4-6-22(19)25(28)30/h3-13,23H,14-15H2,1-2H3,(H,27,29)/t23-/m1/s1. The lowest BCUT2D eigenvalue weighted by atomic mass is 10.0. The van der Waals surface area contributed by atoms with E-state index in [2.05, 4.69) is 5.32 Å². The number of hydrogen-bond donors (Lipinski definition) is 1. The van der Waals surface area contributed by atoms with Crippen LogP contribution in [-0.4, -0.2) is 16.7 Å². The molecule has 2 amide bonds. The molecule has 0 saturated carbocycles. The molecule has 4 rings (SSSR count).